The molecule has 1 N–H and O–H groups in total. The molecule has 7 heteroatoms. The van der Waals surface area contributed by atoms with Crippen LogP contribution in [0, 0.1) is 0 Å². The fraction of sp³-hybridized carbons (Fsp3) is 0.146. The summed E-state index contributed by atoms with van der Waals surface area (Å²) in [6.45, 7) is 10.5. The van der Waals surface area contributed by atoms with Crippen molar-refractivity contribution in [1.82, 2.24) is 9.78 Å². The second-order valence-electron chi connectivity index (χ2n) is 11.1. The quantitative estimate of drug-likeness (QED) is 0.141. The molecule has 48 heavy (non-hydrogen) atoms. The van der Waals surface area contributed by atoms with Crippen LogP contribution < -0.4 is 15.0 Å². The van der Waals surface area contributed by atoms with E-state index in [-0.39, 0.29) is 11.8 Å². The molecule has 7 nitrogen and oxygen atoms in total. The van der Waals surface area contributed by atoms with E-state index in [1.54, 1.807) is 35.3 Å². The van der Waals surface area contributed by atoms with Gasteiger partial charge in [0.25, 0.3) is 5.91 Å². The summed E-state index contributed by atoms with van der Waals surface area (Å²) in [6, 6.07) is 38.0. The number of benzene rings is 4. The molecule has 0 bridgehead atoms. The normalized spacial score (nSPS) is 13.8. The molecule has 0 atom stereocenters. The van der Waals surface area contributed by atoms with E-state index < -0.39 is 0 Å². The molecule has 2 heterocycles. The highest BCUT2D eigenvalue weighted by atomic mass is 16.3. The summed E-state index contributed by atoms with van der Waals surface area (Å²) < 4.78 is 1.42. The first-order valence-corrected chi connectivity index (χ1v) is 16.4. The zero-order valence-corrected chi connectivity index (χ0v) is 27.7. The van der Waals surface area contributed by atoms with E-state index >= 15 is 0 Å². The number of amides is 1. The number of rotatable bonds is 10. The van der Waals surface area contributed by atoms with Gasteiger partial charge in [-0.3, -0.25) is 4.79 Å². The monoisotopic (exact) mass is 635 g/mol. The maximum Gasteiger partial charge on any atom is 0.281 e. The highest BCUT2D eigenvalue weighted by Gasteiger charge is 2.31. The Kier molecular flexibility index (Phi) is 11.7. The van der Waals surface area contributed by atoms with Crippen molar-refractivity contribution in [3.05, 3.63) is 162 Å². The lowest BCUT2D eigenvalue weighted by Crippen LogP contribution is -3.11. The fourth-order valence-electron chi connectivity index (χ4n) is 5.35. The molecule has 1 aliphatic heterocycles. The smallest absolute Gasteiger partial charge is 0.281 e. The van der Waals surface area contributed by atoms with Crippen LogP contribution in [0.1, 0.15) is 31.9 Å². The van der Waals surface area contributed by atoms with Crippen molar-refractivity contribution in [3.8, 4) is 22.8 Å². The number of nitrogens with zero attached hydrogens (tertiary/aromatic N) is 4. The molecular weight excluding hydrogens is 594 g/mol. The lowest BCUT2D eigenvalue weighted by molar-refractivity contribution is -0.894. The maximum atomic E-state index is 13.4. The van der Waals surface area contributed by atoms with Gasteiger partial charge in [-0.05, 0) is 57.0 Å². The number of hydrogen-bond acceptors (Lipinski definition) is 4. The van der Waals surface area contributed by atoms with Crippen LogP contribution in [-0.2, 0) is 4.79 Å². The number of anilines is 1. The van der Waals surface area contributed by atoms with E-state index in [4.69, 9.17) is 0 Å². The first-order chi connectivity index (χ1) is 23.5. The maximum absolute atomic E-state index is 13.4. The van der Waals surface area contributed by atoms with E-state index in [1.807, 2.05) is 121 Å². The summed E-state index contributed by atoms with van der Waals surface area (Å²) in [5.41, 5.74) is 5.27. The average molecular weight is 636 g/mol. The zero-order valence-electron chi connectivity index (χ0n) is 27.7. The van der Waals surface area contributed by atoms with Crippen molar-refractivity contribution >= 4 is 23.4 Å². The van der Waals surface area contributed by atoms with Crippen molar-refractivity contribution in [2.75, 3.05) is 24.6 Å². The average Bonchev–Trinajstić information content (AvgIpc) is 3.66. The van der Waals surface area contributed by atoms with Gasteiger partial charge >= 0.3 is 0 Å². The number of allylic oxidation sites excluding steroid dienone is 4. The van der Waals surface area contributed by atoms with Gasteiger partial charge in [-0.2, -0.15) is 15.2 Å². The molecule has 0 spiro atoms. The summed E-state index contributed by atoms with van der Waals surface area (Å²) >= 11 is 0. The van der Waals surface area contributed by atoms with E-state index in [0.29, 0.717) is 33.9 Å². The number of carbonyl (C=O) groups is 1. The molecule has 0 saturated carbocycles. The van der Waals surface area contributed by atoms with Crippen LogP contribution in [0.15, 0.2) is 156 Å². The standard InChI is InChI=1S/C35H26N4O2.C6H15N/c40-34-30(32(26-16-6-1-7-17-26)36-38(34)28-20-10-3-11-21-28)24-14-5-15-25-31-33(27-18-8-2-9-19-27)37-39(35(31)41)29-22-12-4-13-23-29;1-4-7(5-2)6-3/h1-25,40H;4-6H2,1-3H3/b15-5?,24-14?,31-25-;. The summed E-state index contributed by atoms with van der Waals surface area (Å²) in [5, 5.41) is 24.1. The minimum atomic E-state index is -0.207. The van der Waals surface area contributed by atoms with E-state index in [2.05, 4.69) is 31.0 Å². The Morgan fingerprint density at radius 2 is 1.19 bits per heavy atom. The van der Waals surface area contributed by atoms with Crippen molar-refractivity contribution in [2.24, 2.45) is 5.10 Å². The third-order valence-electron chi connectivity index (χ3n) is 8.10. The first kappa shape index (κ1) is 33.6. The molecule has 1 aliphatic rings. The van der Waals surface area contributed by atoms with Crippen LogP contribution in [0.4, 0.5) is 5.69 Å². The molecule has 1 aromatic heterocycles. The lowest BCUT2D eigenvalue weighted by atomic mass is 10.0. The van der Waals surface area contributed by atoms with Crippen LogP contribution in [-0.4, -0.2) is 41.0 Å². The van der Waals surface area contributed by atoms with Crippen molar-refractivity contribution in [3.63, 3.8) is 0 Å². The number of carbonyl (C=O) groups excluding carboxylic acids is 1. The molecule has 0 aliphatic carbocycles. The van der Waals surface area contributed by atoms with Crippen LogP contribution in [0.5, 0.6) is 5.88 Å². The Hall–Kier alpha value is -5.79. The van der Waals surface area contributed by atoms with E-state index in [1.165, 1.54) is 29.3 Å². The van der Waals surface area contributed by atoms with Crippen LogP contribution in [0.2, 0.25) is 0 Å². The molecule has 242 valence electrons. The van der Waals surface area contributed by atoms with E-state index in [9.17, 15) is 9.90 Å². The third kappa shape index (κ3) is 7.94. The van der Waals surface area contributed by atoms with E-state index in [0.717, 1.165) is 11.1 Å². The number of hydrazone groups is 1. The summed E-state index contributed by atoms with van der Waals surface area (Å²) in [7, 11) is 0. The summed E-state index contributed by atoms with van der Waals surface area (Å²) in [5.74, 6) is -0.415. The number of nitrogens with one attached hydrogen (secondary N) is 1. The van der Waals surface area contributed by atoms with Crippen LogP contribution >= 0.6 is 0 Å². The molecule has 6 rings (SSSR count). The molecule has 5 aromatic rings. The van der Waals surface area contributed by atoms with Gasteiger partial charge in [0.05, 0.1) is 42.3 Å². The molecule has 0 saturated heterocycles. The molecular formula is C41H41N5O2. The lowest BCUT2D eigenvalue weighted by Gasteiger charge is -2.11. The first-order valence-electron chi connectivity index (χ1n) is 16.4. The van der Waals surface area contributed by atoms with Gasteiger partial charge in [0.15, 0.2) is 0 Å². The number of aromatic nitrogens is 2. The van der Waals surface area contributed by atoms with Gasteiger partial charge in [-0.15, -0.1) is 0 Å². The highest BCUT2D eigenvalue weighted by Crippen LogP contribution is 2.31. The van der Waals surface area contributed by atoms with Gasteiger partial charge < -0.3 is 10.0 Å². The Morgan fingerprint density at radius 1 is 0.667 bits per heavy atom. The number of para-hydroxylation sites is 2. The third-order valence-corrected chi connectivity index (χ3v) is 8.10. The van der Waals surface area contributed by atoms with Crippen molar-refractivity contribution in [1.29, 1.82) is 0 Å². The molecule has 0 radical (unpaired) electrons. The van der Waals surface area contributed by atoms with Gasteiger partial charge in [0.2, 0.25) is 0 Å². The highest BCUT2D eigenvalue weighted by molar-refractivity contribution is 6.35. The Bertz CT molecular complexity index is 1880. The van der Waals surface area contributed by atoms with Crippen molar-refractivity contribution < 1.29 is 14.8 Å². The zero-order chi connectivity index (χ0) is 33.7. The predicted molar refractivity (Wildman–Crippen MR) is 194 cm³/mol. The minimum Gasteiger partial charge on any atom is -0.858 e. The summed E-state index contributed by atoms with van der Waals surface area (Å²) in [4.78, 5) is 15.1. The van der Waals surface area contributed by atoms with Gasteiger partial charge in [0, 0.05) is 16.7 Å². The molecule has 0 fully saturated rings. The summed E-state index contributed by atoms with van der Waals surface area (Å²) in [6.07, 6.45) is 8.87. The Labute approximate surface area is 283 Å². The predicted octanol–water partition coefficient (Wildman–Crippen LogP) is 6.49. The Balaban J connectivity index is 0.000000582. The molecule has 1 amide bonds. The van der Waals surface area contributed by atoms with Gasteiger partial charge in [-0.1, -0.05) is 121 Å². The minimum absolute atomic E-state index is 0.207. The topological polar surface area (TPSA) is 78.0 Å². The number of hydrogen-bond donors (Lipinski definition) is 1. The number of quaternary nitrogens is 1. The largest absolute Gasteiger partial charge is 0.858 e. The van der Waals surface area contributed by atoms with Crippen LogP contribution in [0.25, 0.3) is 23.0 Å². The second-order valence-corrected chi connectivity index (χ2v) is 11.1. The second kappa shape index (κ2) is 16.7. The fourth-order valence-corrected chi connectivity index (χ4v) is 5.35. The molecule has 4 aromatic carbocycles. The van der Waals surface area contributed by atoms with Crippen LogP contribution in [0.3, 0.4) is 0 Å². The molecule has 0 unspecified atom stereocenters. The Morgan fingerprint density at radius 3 is 1.73 bits per heavy atom. The van der Waals surface area contributed by atoms with Gasteiger partial charge in [-0.25, -0.2) is 4.68 Å². The SMILES string of the molecule is CC[NH+](CC)CC.O=C1/C(=C\C=CC=Cc2c(-c3ccccc3)nn(-c3ccccc3)c2[O-])C(c2ccccc2)=NN1c1ccccc1. The van der Waals surface area contributed by atoms with Crippen molar-refractivity contribution in [2.45, 2.75) is 20.8 Å². The van der Waals surface area contributed by atoms with Gasteiger partial charge in [0.1, 0.15) is 5.71 Å².